The van der Waals surface area contributed by atoms with Crippen LogP contribution in [0, 0.1) is 0 Å². The van der Waals surface area contributed by atoms with Crippen molar-refractivity contribution in [2.75, 3.05) is 38.2 Å². The molecule has 0 spiro atoms. The molecule has 1 amide bonds. The number of anilines is 1. The molecule has 1 aliphatic rings. The van der Waals surface area contributed by atoms with Crippen LogP contribution in [0.15, 0.2) is 48.7 Å². The molecule has 3 aromatic rings. The Hall–Kier alpha value is -3.66. The van der Waals surface area contributed by atoms with E-state index in [1.807, 2.05) is 18.2 Å². The number of piperazine rings is 1. The number of carbonyl (C=O) groups is 1. The molecule has 0 saturated carbocycles. The molecule has 0 radical (unpaired) electrons. The lowest BCUT2D eigenvalue weighted by molar-refractivity contribution is -0.138. The van der Waals surface area contributed by atoms with Crippen LogP contribution in [0.3, 0.4) is 0 Å². The highest BCUT2D eigenvalue weighted by Crippen LogP contribution is 2.32. The van der Waals surface area contributed by atoms with Gasteiger partial charge in [-0.1, -0.05) is 30.3 Å². The van der Waals surface area contributed by atoms with E-state index in [4.69, 9.17) is 10.5 Å². The topological polar surface area (TPSA) is 93.4 Å². The molecule has 37 heavy (non-hydrogen) atoms. The first-order valence-electron chi connectivity index (χ1n) is 12.1. The summed E-state index contributed by atoms with van der Waals surface area (Å²) in [6.07, 6.45) is -3.14. The summed E-state index contributed by atoms with van der Waals surface area (Å²) in [4.78, 5) is 22.0. The summed E-state index contributed by atoms with van der Waals surface area (Å²) in [6, 6.07) is 13.0. The van der Waals surface area contributed by atoms with Crippen LogP contribution in [-0.4, -0.2) is 49.2 Å². The first kappa shape index (κ1) is 26.4. The second kappa shape index (κ2) is 11.6. The van der Waals surface area contributed by atoms with Crippen LogP contribution in [0.2, 0.25) is 0 Å². The summed E-state index contributed by atoms with van der Waals surface area (Å²) in [6.45, 7) is 3.57. The second-order valence-electron chi connectivity index (χ2n) is 8.97. The third kappa shape index (κ3) is 6.76. The molecule has 1 fully saturated rings. The number of nitrogens with two attached hydrogens (primary N) is 1. The van der Waals surface area contributed by atoms with Crippen LogP contribution in [0.5, 0.6) is 5.75 Å². The monoisotopic (exact) mass is 513 g/mol. The Morgan fingerprint density at radius 3 is 2.49 bits per heavy atom. The molecule has 0 atom stereocenters. The Labute approximate surface area is 213 Å². The van der Waals surface area contributed by atoms with Crippen molar-refractivity contribution in [1.82, 2.24) is 15.3 Å². The van der Waals surface area contributed by atoms with Gasteiger partial charge in [-0.25, -0.2) is 9.97 Å². The number of halogens is 3. The lowest BCUT2D eigenvalue weighted by atomic mass is 9.98. The molecule has 3 N–H and O–H groups in total. The zero-order chi connectivity index (χ0) is 26.4. The van der Waals surface area contributed by atoms with Gasteiger partial charge in [0.05, 0.1) is 24.8 Å². The van der Waals surface area contributed by atoms with Crippen molar-refractivity contribution < 1.29 is 22.7 Å². The summed E-state index contributed by atoms with van der Waals surface area (Å²) in [5.41, 5.74) is 7.68. The number of amides is 1. The van der Waals surface area contributed by atoms with E-state index in [-0.39, 0.29) is 37.2 Å². The van der Waals surface area contributed by atoms with Crippen LogP contribution >= 0.6 is 0 Å². The highest BCUT2D eigenvalue weighted by Gasteiger charge is 2.35. The third-order valence-electron chi connectivity index (χ3n) is 6.44. The van der Waals surface area contributed by atoms with Gasteiger partial charge in [0.2, 0.25) is 5.91 Å². The van der Waals surface area contributed by atoms with E-state index in [1.54, 1.807) is 31.4 Å². The van der Waals surface area contributed by atoms with Crippen molar-refractivity contribution in [3.05, 3.63) is 82.4 Å². The van der Waals surface area contributed by atoms with Crippen LogP contribution < -0.4 is 20.7 Å². The Balaban J connectivity index is 1.58. The Kier molecular flexibility index (Phi) is 8.27. The van der Waals surface area contributed by atoms with Gasteiger partial charge in [-0.05, 0) is 30.0 Å². The number of primary amides is 1. The van der Waals surface area contributed by atoms with E-state index in [9.17, 15) is 18.0 Å². The molecular weight excluding hydrogens is 483 g/mol. The van der Waals surface area contributed by atoms with E-state index < -0.39 is 17.6 Å². The van der Waals surface area contributed by atoms with Gasteiger partial charge in [0.1, 0.15) is 11.6 Å². The van der Waals surface area contributed by atoms with E-state index in [1.165, 1.54) is 0 Å². The van der Waals surface area contributed by atoms with Crippen molar-refractivity contribution in [1.29, 1.82) is 0 Å². The largest absolute Gasteiger partial charge is 0.496 e. The Morgan fingerprint density at radius 2 is 1.81 bits per heavy atom. The van der Waals surface area contributed by atoms with Crippen molar-refractivity contribution in [2.45, 2.75) is 31.9 Å². The second-order valence-corrected chi connectivity index (χ2v) is 8.97. The number of aromatic nitrogens is 2. The number of methoxy groups -OCH3 is 1. The molecule has 2 heterocycles. The van der Waals surface area contributed by atoms with Crippen LogP contribution in [0.25, 0.3) is 0 Å². The molecule has 10 heteroatoms. The van der Waals surface area contributed by atoms with Crippen molar-refractivity contribution in [2.24, 2.45) is 5.73 Å². The fraction of sp³-hybridized carbons (Fsp3) is 0.370. The quantitative estimate of drug-likeness (QED) is 0.456. The number of nitrogens with one attached hydrogen (secondary N) is 1. The van der Waals surface area contributed by atoms with Gasteiger partial charge in [-0.2, -0.15) is 13.2 Å². The van der Waals surface area contributed by atoms with Gasteiger partial charge in [0, 0.05) is 56.1 Å². The fourth-order valence-electron chi connectivity index (χ4n) is 4.55. The fourth-order valence-corrected chi connectivity index (χ4v) is 4.55. The summed E-state index contributed by atoms with van der Waals surface area (Å²) in [7, 11) is 1.57. The normalized spacial score (nSPS) is 14.0. The van der Waals surface area contributed by atoms with Crippen LogP contribution in [-0.2, 0) is 36.7 Å². The SMILES string of the molecule is COc1cc(N2CCNCC2)ccc1Cc1ncc(C(F)(F)F)c(CCc2ccccc2CC(N)=O)n1. The molecule has 196 valence electrons. The number of hydrogen-bond acceptors (Lipinski definition) is 6. The first-order valence-corrected chi connectivity index (χ1v) is 12.1. The van der Waals surface area contributed by atoms with Crippen molar-refractivity contribution >= 4 is 11.6 Å². The molecule has 1 aromatic heterocycles. The van der Waals surface area contributed by atoms with E-state index in [2.05, 4.69) is 20.2 Å². The lowest BCUT2D eigenvalue weighted by Gasteiger charge is -2.30. The number of benzene rings is 2. The molecule has 1 saturated heterocycles. The number of aryl methyl sites for hydroxylation is 2. The average molecular weight is 514 g/mol. The van der Waals surface area contributed by atoms with Gasteiger partial charge < -0.3 is 20.7 Å². The van der Waals surface area contributed by atoms with Crippen molar-refractivity contribution in [3.63, 3.8) is 0 Å². The summed E-state index contributed by atoms with van der Waals surface area (Å²) in [5, 5.41) is 3.32. The maximum Gasteiger partial charge on any atom is 0.419 e. The minimum absolute atomic E-state index is 0.0288. The number of rotatable bonds is 9. The van der Waals surface area contributed by atoms with Gasteiger partial charge in [-0.15, -0.1) is 0 Å². The number of alkyl halides is 3. The van der Waals surface area contributed by atoms with E-state index in [0.717, 1.165) is 49.2 Å². The minimum Gasteiger partial charge on any atom is -0.496 e. The van der Waals surface area contributed by atoms with Gasteiger partial charge in [0.15, 0.2) is 0 Å². The Morgan fingerprint density at radius 1 is 1.08 bits per heavy atom. The predicted molar refractivity (Wildman–Crippen MR) is 135 cm³/mol. The first-order chi connectivity index (χ1) is 17.7. The minimum atomic E-state index is -4.58. The number of ether oxygens (including phenoxy) is 1. The molecule has 7 nitrogen and oxygen atoms in total. The van der Waals surface area contributed by atoms with Gasteiger partial charge in [-0.3, -0.25) is 4.79 Å². The van der Waals surface area contributed by atoms with Gasteiger partial charge >= 0.3 is 6.18 Å². The third-order valence-corrected chi connectivity index (χ3v) is 6.44. The van der Waals surface area contributed by atoms with E-state index in [0.29, 0.717) is 11.3 Å². The molecular formula is C27H30F3N5O2. The summed E-state index contributed by atoms with van der Waals surface area (Å²) < 4.78 is 46.9. The highest BCUT2D eigenvalue weighted by molar-refractivity contribution is 5.77. The van der Waals surface area contributed by atoms with E-state index >= 15 is 0 Å². The highest BCUT2D eigenvalue weighted by atomic mass is 19.4. The van der Waals surface area contributed by atoms with Crippen molar-refractivity contribution in [3.8, 4) is 5.75 Å². The average Bonchev–Trinajstić information content (AvgIpc) is 2.88. The maximum atomic E-state index is 13.8. The molecule has 1 aliphatic heterocycles. The summed E-state index contributed by atoms with van der Waals surface area (Å²) >= 11 is 0. The predicted octanol–water partition coefficient (Wildman–Crippen LogP) is 3.32. The molecule has 2 aromatic carbocycles. The molecule has 0 bridgehead atoms. The Bertz CT molecular complexity index is 1240. The van der Waals surface area contributed by atoms with Crippen LogP contribution in [0.4, 0.5) is 18.9 Å². The maximum absolute atomic E-state index is 13.8. The summed E-state index contributed by atoms with van der Waals surface area (Å²) in [5.74, 6) is 0.424. The van der Waals surface area contributed by atoms with Crippen LogP contribution in [0.1, 0.15) is 33.8 Å². The number of carbonyl (C=O) groups excluding carboxylic acids is 1. The molecule has 4 rings (SSSR count). The zero-order valence-corrected chi connectivity index (χ0v) is 20.6. The number of hydrogen-bond donors (Lipinski definition) is 2. The smallest absolute Gasteiger partial charge is 0.419 e. The zero-order valence-electron chi connectivity index (χ0n) is 20.6. The van der Waals surface area contributed by atoms with Gasteiger partial charge in [0.25, 0.3) is 0 Å². The number of nitrogens with zero attached hydrogens (tertiary/aromatic N) is 3. The standard InChI is InChI=1S/C27H30F3N5O2/c1-37-24-16-21(35-12-10-32-11-13-35)8-6-20(24)15-26-33-17-22(27(28,29)30)23(34-26)9-7-18-4-2-3-5-19(18)14-25(31)36/h2-6,8,16-17,32H,7,9-15H2,1H3,(H2,31,36). The molecule has 0 aliphatic carbocycles. The lowest BCUT2D eigenvalue weighted by Crippen LogP contribution is -2.43. The molecule has 0 unspecified atom stereocenters.